The van der Waals surface area contributed by atoms with Gasteiger partial charge in [0, 0.05) is 11.0 Å². The van der Waals surface area contributed by atoms with E-state index in [2.05, 4.69) is 32.0 Å². The fourth-order valence-corrected chi connectivity index (χ4v) is 3.84. The Balaban J connectivity index is 1.67. The fraction of sp³-hybridized carbons (Fsp3) is 0.667. The molecular formula is C18H25ClO. The Morgan fingerprint density at radius 2 is 2.05 bits per heavy atom. The maximum Gasteiger partial charge on any atom is 0.123 e. The van der Waals surface area contributed by atoms with E-state index < -0.39 is 0 Å². The normalized spacial score (nSPS) is 22.6. The molecule has 0 spiro atoms. The van der Waals surface area contributed by atoms with Gasteiger partial charge in [0.1, 0.15) is 5.75 Å². The quantitative estimate of drug-likeness (QED) is 0.656. The monoisotopic (exact) mass is 292 g/mol. The van der Waals surface area contributed by atoms with Gasteiger partial charge in [0.15, 0.2) is 0 Å². The zero-order valence-electron chi connectivity index (χ0n) is 12.6. The topological polar surface area (TPSA) is 9.23 Å². The Labute approximate surface area is 127 Å². The molecule has 3 rings (SSSR count). The minimum absolute atomic E-state index is 0.118. The van der Waals surface area contributed by atoms with Crippen LogP contribution in [0.4, 0.5) is 0 Å². The Kier molecular flexibility index (Phi) is 3.99. The summed E-state index contributed by atoms with van der Waals surface area (Å²) in [6.45, 7) is 5.26. The minimum atomic E-state index is 0.118. The molecular weight excluding hydrogens is 268 g/mol. The van der Waals surface area contributed by atoms with Crippen LogP contribution >= 0.6 is 11.6 Å². The van der Waals surface area contributed by atoms with Crippen LogP contribution in [0.5, 0.6) is 5.75 Å². The molecule has 1 aromatic carbocycles. The third-order valence-electron chi connectivity index (χ3n) is 4.99. The van der Waals surface area contributed by atoms with Gasteiger partial charge in [0.25, 0.3) is 0 Å². The van der Waals surface area contributed by atoms with E-state index in [1.54, 1.807) is 0 Å². The first-order chi connectivity index (χ1) is 9.56. The minimum Gasteiger partial charge on any atom is -0.492 e. The molecule has 110 valence electrons. The Morgan fingerprint density at radius 3 is 2.80 bits per heavy atom. The van der Waals surface area contributed by atoms with Gasteiger partial charge < -0.3 is 4.74 Å². The van der Waals surface area contributed by atoms with Gasteiger partial charge in [-0.15, -0.1) is 11.6 Å². The van der Waals surface area contributed by atoms with Crippen LogP contribution in [-0.4, -0.2) is 6.61 Å². The van der Waals surface area contributed by atoms with Crippen LogP contribution in [0.3, 0.4) is 0 Å². The Hall–Kier alpha value is -0.690. The summed E-state index contributed by atoms with van der Waals surface area (Å²) < 4.78 is 5.75. The average molecular weight is 293 g/mol. The van der Waals surface area contributed by atoms with Gasteiger partial charge >= 0.3 is 0 Å². The molecule has 2 heteroatoms. The number of hydrogen-bond acceptors (Lipinski definition) is 1. The lowest BCUT2D eigenvalue weighted by Crippen LogP contribution is -2.18. The molecule has 2 aliphatic rings. The van der Waals surface area contributed by atoms with E-state index in [-0.39, 0.29) is 10.8 Å². The molecule has 1 heterocycles. The second kappa shape index (κ2) is 5.60. The van der Waals surface area contributed by atoms with Gasteiger partial charge in [-0.2, -0.15) is 0 Å². The number of benzene rings is 1. The van der Waals surface area contributed by atoms with Gasteiger partial charge in [-0.3, -0.25) is 0 Å². The van der Waals surface area contributed by atoms with Crippen LogP contribution in [0.25, 0.3) is 0 Å². The maximum atomic E-state index is 6.64. The highest BCUT2D eigenvalue weighted by atomic mass is 35.5. The largest absolute Gasteiger partial charge is 0.492 e. The van der Waals surface area contributed by atoms with Gasteiger partial charge in [-0.05, 0) is 36.5 Å². The molecule has 1 aromatic rings. The maximum absolute atomic E-state index is 6.64. The van der Waals surface area contributed by atoms with Gasteiger partial charge in [-0.25, -0.2) is 0 Å². The first kappa shape index (κ1) is 14.3. The summed E-state index contributed by atoms with van der Waals surface area (Å²) in [7, 11) is 0. The first-order valence-electron chi connectivity index (χ1n) is 7.97. The molecule has 1 saturated carbocycles. The lowest BCUT2D eigenvalue weighted by molar-refractivity contribution is 0.291. The molecule has 0 bridgehead atoms. The van der Waals surface area contributed by atoms with Crippen LogP contribution in [-0.2, 0) is 5.41 Å². The molecule has 0 aromatic heterocycles. The first-order valence-corrected chi connectivity index (χ1v) is 8.41. The zero-order valence-corrected chi connectivity index (χ0v) is 13.4. The van der Waals surface area contributed by atoms with Crippen molar-refractivity contribution in [2.45, 2.75) is 63.2 Å². The third-order valence-corrected chi connectivity index (χ3v) is 5.46. The predicted molar refractivity (Wildman–Crippen MR) is 84.7 cm³/mol. The molecule has 1 unspecified atom stereocenters. The van der Waals surface area contributed by atoms with Crippen LogP contribution in [0.15, 0.2) is 18.2 Å². The Morgan fingerprint density at radius 1 is 1.30 bits per heavy atom. The summed E-state index contributed by atoms with van der Waals surface area (Å²) in [5.74, 6) is 1.96. The van der Waals surface area contributed by atoms with Gasteiger partial charge in [-0.1, -0.05) is 45.6 Å². The lowest BCUT2D eigenvalue weighted by atomic mass is 9.85. The summed E-state index contributed by atoms with van der Waals surface area (Å²) >= 11 is 6.64. The molecule has 0 amide bonds. The molecule has 1 atom stereocenters. The van der Waals surface area contributed by atoms with E-state index >= 15 is 0 Å². The molecule has 0 radical (unpaired) electrons. The van der Waals surface area contributed by atoms with E-state index in [4.69, 9.17) is 16.3 Å². The van der Waals surface area contributed by atoms with Crippen LogP contribution < -0.4 is 4.74 Å². The fourth-order valence-electron chi connectivity index (χ4n) is 3.58. The molecule has 20 heavy (non-hydrogen) atoms. The van der Waals surface area contributed by atoms with Crippen LogP contribution in [0.2, 0.25) is 0 Å². The van der Waals surface area contributed by atoms with E-state index in [0.29, 0.717) is 0 Å². The van der Waals surface area contributed by atoms with E-state index in [1.807, 2.05) is 0 Å². The van der Waals surface area contributed by atoms with Gasteiger partial charge in [0.2, 0.25) is 0 Å². The van der Waals surface area contributed by atoms with Crippen molar-refractivity contribution in [1.29, 1.82) is 0 Å². The van der Waals surface area contributed by atoms with Crippen molar-refractivity contribution < 1.29 is 4.74 Å². The molecule has 0 saturated heterocycles. The molecule has 1 aliphatic carbocycles. The highest BCUT2D eigenvalue weighted by Crippen LogP contribution is 2.41. The number of hydrogen-bond donors (Lipinski definition) is 0. The van der Waals surface area contributed by atoms with Gasteiger partial charge in [0.05, 0.1) is 12.0 Å². The summed E-state index contributed by atoms with van der Waals surface area (Å²) in [5, 5.41) is 0.150. The number of ether oxygens (including phenoxy) is 1. The van der Waals surface area contributed by atoms with Crippen molar-refractivity contribution in [2.75, 3.05) is 6.61 Å². The number of halogens is 1. The van der Waals surface area contributed by atoms with Crippen molar-refractivity contribution in [1.82, 2.24) is 0 Å². The molecule has 1 aliphatic heterocycles. The second-order valence-corrected chi connectivity index (χ2v) is 7.65. The molecule has 1 fully saturated rings. The van der Waals surface area contributed by atoms with E-state index in [0.717, 1.165) is 24.7 Å². The second-order valence-electron chi connectivity index (χ2n) is 7.12. The Bertz CT molecular complexity index is 474. The van der Waals surface area contributed by atoms with Crippen LogP contribution in [0, 0.1) is 5.92 Å². The number of alkyl halides is 1. The van der Waals surface area contributed by atoms with Crippen molar-refractivity contribution >= 4 is 11.6 Å². The van der Waals surface area contributed by atoms with E-state index in [9.17, 15) is 0 Å². The predicted octanol–water partition coefficient (Wildman–Crippen LogP) is 5.61. The number of fused-ring (bicyclic) bond motifs is 1. The SMILES string of the molecule is CC1(C)COc2ccc(C(Cl)CCC3CCCC3)cc21. The average Bonchev–Trinajstić information content (AvgIpc) is 3.04. The summed E-state index contributed by atoms with van der Waals surface area (Å²) in [6, 6.07) is 6.52. The lowest BCUT2D eigenvalue weighted by Gasteiger charge is -2.18. The standard InChI is InChI=1S/C18H25ClO/c1-18(2)12-20-17-10-8-14(11-15(17)18)16(19)9-7-13-5-3-4-6-13/h8,10-11,13,16H,3-7,9,12H2,1-2H3. The smallest absolute Gasteiger partial charge is 0.123 e. The van der Waals surface area contributed by atoms with Crippen molar-refractivity contribution in [2.24, 2.45) is 5.92 Å². The van der Waals surface area contributed by atoms with Crippen molar-refractivity contribution in [3.63, 3.8) is 0 Å². The third kappa shape index (κ3) is 2.83. The summed E-state index contributed by atoms with van der Waals surface area (Å²) in [4.78, 5) is 0. The van der Waals surface area contributed by atoms with Crippen molar-refractivity contribution in [3.05, 3.63) is 29.3 Å². The van der Waals surface area contributed by atoms with E-state index in [1.165, 1.54) is 43.2 Å². The summed E-state index contributed by atoms with van der Waals surface area (Å²) in [5.41, 5.74) is 2.71. The number of rotatable bonds is 4. The van der Waals surface area contributed by atoms with Crippen molar-refractivity contribution in [3.8, 4) is 5.75 Å². The van der Waals surface area contributed by atoms with Crippen LogP contribution in [0.1, 0.15) is 68.9 Å². The summed E-state index contributed by atoms with van der Waals surface area (Å²) in [6.07, 6.45) is 8.05. The highest BCUT2D eigenvalue weighted by molar-refractivity contribution is 6.20. The zero-order chi connectivity index (χ0) is 14.2. The molecule has 0 N–H and O–H groups in total. The highest BCUT2D eigenvalue weighted by Gasteiger charge is 2.32. The molecule has 1 nitrogen and oxygen atoms in total.